The lowest BCUT2D eigenvalue weighted by atomic mass is 9.86. The Kier molecular flexibility index (Phi) is 9.91. The van der Waals surface area contributed by atoms with Gasteiger partial charge < -0.3 is 18.9 Å². The number of esters is 1. The van der Waals surface area contributed by atoms with Crippen molar-refractivity contribution >= 4 is 12.1 Å². The van der Waals surface area contributed by atoms with Crippen molar-refractivity contribution in [1.29, 1.82) is 0 Å². The molecule has 0 N–H and O–H groups in total. The Morgan fingerprint density at radius 2 is 1.70 bits per heavy atom. The molecule has 0 radical (unpaired) electrons. The third-order valence-corrected chi connectivity index (χ3v) is 8.36. The maximum Gasteiger partial charge on any atom is 0.410 e. The molecule has 2 saturated heterocycles. The molecule has 9 nitrogen and oxygen atoms in total. The number of ether oxygens (including phenoxy) is 4. The van der Waals surface area contributed by atoms with Gasteiger partial charge >= 0.3 is 12.1 Å². The van der Waals surface area contributed by atoms with Crippen molar-refractivity contribution in [3.8, 4) is 17.4 Å². The van der Waals surface area contributed by atoms with Crippen LogP contribution in [0, 0.1) is 6.92 Å². The van der Waals surface area contributed by atoms with E-state index in [0.717, 1.165) is 54.9 Å². The molecule has 5 rings (SSSR count). The summed E-state index contributed by atoms with van der Waals surface area (Å²) in [5.41, 5.74) is 3.29. The van der Waals surface area contributed by atoms with Crippen LogP contribution in [-0.2, 0) is 26.2 Å². The summed E-state index contributed by atoms with van der Waals surface area (Å²) in [7, 11) is 0. The van der Waals surface area contributed by atoms with Crippen LogP contribution in [0.1, 0.15) is 82.8 Å². The van der Waals surface area contributed by atoms with Crippen molar-refractivity contribution in [3.63, 3.8) is 0 Å². The molecule has 3 aromatic rings. The van der Waals surface area contributed by atoms with Crippen LogP contribution in [0.5, 0.6) is 17.4 Å². The predicted molar refractivity (Wildman–Crippen MR) is 176 cm³/mol. The molecule has 2 aliphatic heterocycles. The highest BCUT2D eigenvalue weighted by Gasteiger charge is 2.40. The number of hydrogen-bond acceptors (Lipinski definition) is 8. The van der Waals surface area contributed by atoms with Gasteiger partial charge in [0.25, 0.3) is 0 Å². The van der Waals surface area contributed by atoms with Gasteiger partial charge in [-0.15, -0.1) is 0 Å². The lowest BCUT2D eigenvalue weighted by Gasteiger charge is -2.38. The normalized spacial score (nSPS) is 17.9. The third kappa shape index (κ3) is 8.37. The molecule has 2 aliphatic rings. The van der Waals surface area contributed by atoms with E-state index >= 15 is 0 Å². The van der Waals surface area contributed by atoms with Crippen molar-refractivity contribution in [2.45, 2.75) is 91.0 Å². The number of nitrogens with zero attached hydrogens (tertiary/aromatic N) is 3. The van der Waals surface area contributed by atoms with Crippen LogP contribution in [0.25, 0.3) is 0 Å². The number of hydrogen-bond donors (Lipinski definition) is 0. The molecular formula is C37H47N3O6. The van der Waals surface area contributed by atoms with Crippen LogP contribution in [0.3, 0.4) is 0 Å². The number of likely N-dealkylation sites (tertiary alicyclic amines) is 1. The Morgan fingerprint density at radius 1 is 0.978 bits per heavy atom. The largest absolute Gasteiger partial charge is 0.482 e. The molecule has 2 fully saturated rings. The number of aromatic nitrogens is 1. The van der Waals surface area contributed by atoms with Gasteiger partial charge in [0.1, 0.15) is 23.7 Å². The van der Waals surface area contributed by atoms with Crippen molar-refractivity contribution in [3.05, 3.63) is 83.0 Å². The molecule has 2 aromatic carbocycles. The van der Waals surface area contributed by atoms with E-state index in [1.54, 1.807) is 0 Å². The molecule has 0 unspecified atom stereocenters. The van der Waals surface area contributed by atoms with E-state index in [2.05, 4.69) is 43.9 Å². The number of amides is 1. The van der Waals surface area contributed by atoms with Gasteiger partial charge in [-0.3, -0.25) is 9.80 Å². The summed E-state index contributed by atoms with van der Waals surface area (Å²) in [5.74, 6) is 1.36. The molecule has 1 aromatic heterocycles. The Labute approximate surface area is 272 Å². The number of aryl methyl sites for hydroxylation is 1. The Hall–Kier alpha value is -4.11. The highest BCUT2D eigenvalue weighted by molar-refractivity contribution is 5.72. The number of carbonyl (C=O) groups excluding carboxylic acids is 2. The van der Waals surface area contributed by atoms with Gasteiger partial charge in [-0.1, -0.05) is 57.2 Å². The summed E-state index contributed by atoms with van der Waals surface area (Å²) < 4.78 is 22.9. The Balaban J connectivity index is 1.18. The van der Waals surface area contributed by atoms with Crippen molar-refractivity contribution in [2.24, 2.45) is 0 Å². The van der Waals surface area contributed by atoms with Gasteiger partial charge in [0, 0.05) is 43.0 Å². The summed E-state index contributed by atoms with van der Waals surface area (Å²) in [4.78, 5) is 34.0. The van der Waals surface area contributed by atoms with Crippen LogP contribution in [-0.4, -0.2) is 64.8 Å². The summed E-state index contributed by atoms with van der Waals surface area (Å²) in [6.07, 6.45) is 1.60. The fraction of sp³-hybridized carbons (Fsp3) is 0.486. The Bertz CT molecular complexity index is 1520. The molecule has 0 bridgehead atoms. The fourth-order valence-corrected chi connectivity index (χ4v) is 6.07. The molecule has 9 heteroatoms. The van der Waals surface area contributed by atoms with Crippen molar-refractivity contribution < 1.29 is 28.5 Å². The van der Waals surface area contributed by atoms with Gasteiger partial charge in [0.05, 0.1) is 6.04 Å². The second kappa shape index (κ2) is 13.7. The van der Waals surface area contributed by atoms with Crippen molar-refractivity contribution in [1.82, 2.24) is 14.8 Å². The first-order valence-electron chi connectivity index (χ1n) is 16.1. The highest BCUT2D eigenvalue weighted by Crippen LogP contribution is 2.36. The topological polar surface area (TPSA) is 90.4 Å². The Morgan fingerprint density at radius 3 is 2.35 bits per heavy atom. The van der Waals surface area contributed by atoms with Crippen LogP contribution >= 0.6 is 0 Å². The van der Waals surface area contributed by atoms with Crippen molar-refractivity contribution in [2.75, 3.05) is 26.3 Å². The number of cyclic esters (lactones) is 1. The van der Waals surface area contributed by atoms with E-state index in [9.17, 15) is 9.59 Å². The minimum absolute atomic E-state index is 0.0234. The first-order valence-corrected chi connectivity index (χ1v) is 16.1. The van der Waals surface area contributed by atoms with Crippen LogP contribution in [0.4, 0.5) is 4.79 Å². The number of benzene rings is 2. The SMILES string of the molecule is Cc1nc(Oc2ccc(OCC(=O)OC(C)(C)C)c(C(C)(C)C)c2)ccc1CN1CCC(N2C(=O)OC[C@H]2c2ccccc2)CC1. The molecule has 0 aliphatic carbocycles. The maximum atomic E-state index is 12.7. The minimum Gasteiger partial charge on any atom is -0.482 e. The quantitative estimate of drug-likeness (QED) is 0.227. The molecular weight excluding hydrogens is 582 g/mol. The third-order valence-electron chi connectivity index (χ3n) is 8.36. The lowest BCUT2D eigenvalue weighted by Crippen LogP contribution is -2.46. The summed E-state index contributed by atoms with van der Waals surface area (Å²) in [6, 6.07) is 19.9. The number of rotatable bonds is 9. The fourth-order valence-electron chi connectivity index (χ4n) is 6.07. The van der Waals surface area contributed by atoms with E-state index in [0.29, 0.717) is 24.0 Å². The number of piperidine rings is 1. The number of pyridine rings is 1. The standard InChI is InChI=1S/C37H47N3O6/c1-25-27(22-39-19-17-28(18-20-39)40-31(23-44-35(40)42)26-11-9-8-10-12-26)13-16-33(38-25)45-29-14-15-32(30(21-29)36(2,3)4)43-24-34(41)46-37(5,6)7/h8-16,21,28,31H,17-20,22-24H2,1-7H3/t31-/m0/s1. The van der Waals surface area contributed by atoms with Gasteiger partial charge in [-0.05, 0) is 75.3 Å². The summed E-state index contributed by atoms with van der Waals surface area (Å²) in [6.45, 7) is 16.6. The van der Waals surface area contributed by atoms with E-state index < -0.39 is 11.6 Å². The van der Waals surface area contributed by atoms with Crippen LogP contribution < -0.4 is 9.47 Å². The monoisotopic (exact) mass is 629 g/mol. The zero-order chi connectivity index (χ0) is 33.1. The van der Waals surface area contributed by atoms with E-state index in [1.165, 1.54) is 0 Å². The first kappa shape index (κ1) is 33.3. The molecule has 1 amide bonds. The predicted octanol–water partition coefficient (Wildman–Crippen LogP) is 7.36. The molecule has 0 saturated carbocycles. The molecule has 0 spiro atoms. The molecule has 3 heterocycles. The zero-order valence-corrected chi connectivity index (χ0v) is 28.2. The van der Waals surface area contributed by atoms with Gasteiger partial charge in [0.2, 0.25) is 5.88 Å². The first-order chi connectivity index (χ1) is 21.8. The second-order valence-corrected chi connectivity index (χ2v) is 14.2. The van der Waals surface area contributed by atoms with Crippen LogP contribution in [0.2, 0.25) is 0 Å². The lowest BCUT2D eigenvalue weighted by molar-refractivity contribution is -0.157. The van der Waals surface area contributed by atoms with Gasteiger partial charge in [-0.25, -0.2) is 14.6 Å². The van der Waals surface area contributed by atoms with Gasteiger partial charge in [0.15, 0.2) is 6.61 Å². The average molecular weight is 630 g/mol. The molecule has 46 heavy (non-hydrogen) atoms. The van der Waals surface area contributed by atoms with E-state index in [1.807, 2.05) is 75.1 Å². The van der Waals surface area contributed by atoms with Crippen LogP contribution in [0.15, 0.2) is 60.7 Å². The summed E-state index contributed by atoms with van der Waals surface area (Å²) in [5, 5.41) is 0. The van der Waals surface area contributed by atoms with Gasteiger partial charge in [-0.2, -0.15) is 0 Å². The minimum atomic E-state index is -0.569. The zero-order valence-electron chi connectivity index (χ0n) is 28.2. The number of carbonyl (C=O) groups is 2. The van der Waals surface area contributed by atoms with E-state index in [4.69, 9.17) is 23.9 Å². The molecule has 246 valence electrons. The smallest absolute Gasteiger partial charge is 0.410 e. The maximum absolute atomic E-state index is 12.7. The highest BCUT2D eigenvalue weighted by atomic mass is 16.6. The van der Waals surface area contributed by atoms with E-state index in [-0.39, 0.29) is 30.2 Å². The summed E-state index contributed by atoms with van der Waals surface area (Å²) >= 11 is 0. The second-order valence-electron chi connectivity index (χ2n) is 14.2. The molecule has 1 atom stereocenters. The average Bonchev–Trinajstić information content (AvgIpc) is 3.38.